The summed E-state index contributed by atoms with van der Waals surface area (Å²) in [5.74, 6) is 0.188. The molecule has 1 saturated heterocycles. The molecular formula is C22H24ClN5O3S2. The molecule has 1 aromatic heterocycles. The number of nitrogens with zero attached hydrogens (tertiary/aromatic N) is 3. The van der Waals surface area contributed by atoms with Gasteiger partial charge in [0.25, 0.3) is 15.9 Å². The molecule has 1 fully saturated rings. The van der Waals surface area contributed by atoms with Crippen LogP contribution in [0.15, 0.2) is 52.9 Å². The third kappa shape index (κ3) is 5.89. The van der Waals surface area contributed by atoms with Crippen molar-refractivity contribution >= 4 is 49.7 Å². The maximum atomic E-state index is 12.6. The summed E-state index contributed by atoms with van der Waals surface area (Å²) in [6.45, 7) is 4.47. The fraction of sp³-hybridized carbons (Fsp3) is 0.318. The Morgan fingerprint density at radius 1 is 1.18 bits per heavy atom. The number of amides is 1. The van der Waals surface area contributed by atoms with Crippen molar-refractivity contribution in [3.63, 3.8) is 0 Å². The van der Waals surface area contributed by atoms with Crippen LogP contribution in [0.2, 0.25) is 5.02 Å². The standard InChI is InChI=1S/C22H24ClN5O3S2/c1-15-5-4-12-28(14-15)17-10-8-16(9-11-17)13-24-33(30,31)22-27-26-21(32-22)25-20(29)18-6-2-3-7-19(18)23/h2-3,6-11,15,24H,4-5,12-14H2,1H3,(H,25,26,29)/t15-/m0/s1. The normalized spacial score (nSPS) is 16.5. The lowest BCUT2D eigenvalue weighted by atomic mass is 9.99. The minimum Gasteiger partial charge on any atom is -0.371 e. The number of sulfonamides is 1. The van der Waals surface area contributed by atoms with Crippen molar-refractivity contribution in [2.24, 2.45) is 5.92 Å². The van der Waals surface area contributed by atoms with Gasteiger partial charge in [-0.05, 0) is 48.6 Å². The molecule has 4 rings (SSSR count). The zero-order valence-electron chi connectivity index (χ0n) is 18.0. The van der Waals surface area contributed by atoms with E-state index in [1.165, 1.54) is 12.8 Å². The van der Waals surface area contributed by atoms with Crippen LogP contribution in [-0.2, 0) is 16.6 Å². The third-order valence-corrected chi connectivity index (χ3v) is 8.34. The van der Waals surface area contributed by atoms with Crippen molar-refractivity contribution in [3.8, 4) is 0 Å². The van der Waals surface area contributed by atoms with E-state index in [1.807, 2.05) is 24.3 Å². The molecule has 0 aliphatic carbocycles. The van der Waals surface area contributed by atoms with Gasteiger partial charge in [0.15, 0.2) is 0 Å². The topological polar surface area (TPSA) is 104 Å². The lowest BCUT2D eigenvalue weighted by Gasteiger charge is -2.32. The van der Waals surface area contributed by atoms with Crippen molar-refractivity contribution in [1.29, 1.82) is 0 Å². The van der Waals surface area contributed by atoms with Gasteiger partial charge in [-0.1, -0.05) is 54.1 Å². The summed E-state index contributed by atoms with van der Waals surface area (Å²) in [6.07, 6.45) is 2.44. The number of nitrogens with one attached hydrogen (secondary N) is 2. The molecule has 0 radical (unpaired) electrons. The van der Waals surface area contributed by atoms with Gasteiger partial charge >= 0.3 is 0 Å². The van der Waals surface area contributed by atoms with Crippen LogP contribution in [0, 0.1) is 5.92 Å². The predicted molar refractivity (Wildman–Crippen MR) is 130 cm³/mol. The molecule has 8 nitrogen and oxygen atoms in total. The van der Waals surface area contributed by atoms with Gasteiger partial charge in [-0.2, -0.15) is 0 Å². The van der Waals surface area contributed by atoms with Gasteiger partial charge in [-0.3, -0.25) is 10.1 Å². The summed E-state index contributed by atoms with van der Waals surface area (Å²) in [7, 11) is -3.88. The lowest BCUT2D eigenvalue weighted by molar-refractivity contribution is 0.102. The van der Waals surface area contributed by atoms with Gasteiger partial charge < -0.3 is 4.90 Å². The fourth-order valence-electron chi connectivity index (χ4n) is 3.67. The molecule has 2 aromatic carbocycles. The van der Waals surface area contributed by atoms with Gasteiger partial charge in [0.2, 0.25) is 9.47 Å². The Hall–Kier alpha value is -2.53. The molecule has 2 heterocycles. The van der Waals surface area contributed by atoms with Crippen LogP contribution in [-0.4, -0.2) is 37.6 Å². The quantitative estimate of drug-likeness (QED) is 0.467. The monoisotopic (exact) mass is 505 g/mol. The van der Waals surface area contributed by atoms with Crippen LogP contribution in [0.5, 0.6) is 0 Å². The second-order valence-corrected chi connectivity index (χ2v) is 11.3. The molecule has 0 bridgehead atoms. The number of rotatable bonds is 7. The summed E-state index contributed by atoms with van der Waals surface area (Å²) < 4.78 is 27.6. The summed E-state index contributed by atoms with van der Waals surface area (Å²) in [5, 5.41) is 10.4. The molecule has 0 unspecified atom stereocenters. The highest BCUT2D eigenvalue weighted by Gasteiger charge is 2.22. The van der Waals surface area contributed by atoms with Crippen molar-refractivity contribution in [1.82, 2.24) is 14.9 Å². The molecular weight excluding hydrogens is 482 g/mol. The molecule has 0 saturated carbocycles. The van der Waals surface area contributed by atoms with Crippen LogP contribution < -0.4 is 14.9 Å². The number of aromatic nitrogens is 2. The summed E-state index contributed by atoms with van der Waals surface area (Å²) in [6, 6.07) is 14.4. The van der Waals surface area contributed by atoms with Crippen LogP contribution in [0.3, 0.4) is 0 Å². The lowest BCUT2D eigenvalue weighted by Crippen LogP contribution is -2.34. The van der Waals surface area contributed by atoms with Gasteiger partial charge in [0, 0.05) is 25.3 Å². The van der Waals surface area contributed by atoms with Crippen LogP contribution in [0.4, 0.5) is 10.8 Å². The average molecular weight is 506 g/mol. The first-order valence-corrected chi connectivity index (χ1v) is 13.2. The van der Waals surface area contributed by atoms with Crippen LogP contribution in [0.1, 0.15) is 35.7 Å². The first-order chi connectivity index (χ1) is 15.8. The zero-order chi connectivity index (χ0) is 23.4. The molecule has 33 heavy (non-hydrogen) atoms. The highest BCUT2D eigenvalue weighted by Crippen LogP contribution is 2.24. The van der Waals surface area contributed by atoms with E-state index in [-0.39, 0.29) is 26.6 Å². The van der Waals surface area contributed by atoms with E-state index in [2.05, 4.69) is 32.1 Å². The van der Waals surface area contributed by atoms with Gasteiger partial charge in [0.1, 0.15) is 0 Å². The van der Waals surface area contributed by atoms with Gasteiger partial charge in [-0.25, -0.2) is 13.1 Å². The molecule has 1 aliphatic heterocycles. The summed E-state index contributed by atoms with van der Waals surface area (Å²) in [5.41, 5.74) is 2.25. The first-order valence-electron chi connectivity index (χ1n) is 10.5. The maximum Gasteiger partial charge on any atom is 0.270 e. The molecule has 0 spiro atoms. The fourth-order valence-corrected chi connectivity index (χ4v) is 5.84. The Morgan fingerprint density at radius 2 is 1.94 bits per heavy atom. The second kappa shape index (κ2) is 10.2. The molecule has 1 amide bonds. The maximum absolute atomic E-state index is 12.6. The Morgan fingerprint density at radius 3 is 2.67 bits per heavy atom. The SMILES string of the molecule is C[C@H]1CCCN(c2ccc(CNS(=O)(=O)c3nnc(NC(=O)c4ccccc4Cl)s3)cc2)C1. The van der Waals surface area contributed by atoms with Gasteiger partial charge in [0.05, 0.1) is 10.6 Å². The number of hydrogen-bond acceptors (Lipinski definition) is 7. The van der Waals surface area contributed by atoms with Crippen molar-refractivity contribution in [3.05, 3.63) is 64.7 Å². The molecule has 1 aliphatic rings. The summed E-state index contributed by atoms with van der Waals surface area (Å²) in [4.78, 5) is 14.7. The smallest absolute Gasteiger partial charge is 0.270 e. The number of anilines is 2. The number of carbonyl (C=O) groups is 1. The molecule has 11 heteroatoms. The van der Waals surface area contributed by atoms with E-state index >= 15 is 0 Å². The summed E-state index contributed by atoms with van der Waals surface area (Å²) >= 11 is 6.79. The Labute approximate surface area is 202 Å². The minimum absolute atomic E-state index is 0.0698. The predicted octanol–water partition coefficient (Wildman–Crippen LogP) is 4.16. The number of halogens is 1. The van der Waals surface area contributed by atoms with Crippen molar-refractivity contribution in [2.75, 3.05) is 23.3 Å². The van der Waals surface area contributed by atoms with Crippen molar-refractivity contribution < 1.29 is 13.2 Å². The van der Waals surface area contributed by atoms with Gasteiger partial charge in [-0.15, -0.1) is 10.2 Å². The highest BCUT2D eigenvalue weighted by molar-refractivity contribution is 7.91. The zero-order valence-corrected chi connectivity index (χ0v) is 20.4. The Bertz CT molecular complexity index is 1230. The van der Waals surface area contributed by atoms with Crippen molar-refractivity contribution in [2.45, 2.75) is 30.6 Å². The minimum atomic E-state index is -3.88. The highest BCUT2D eigenvalue weighted by atomic mass is 35.5. The van der Waals surface area contributed by atoms with Crippen LogP contribution >= 0.6 is 22.9 Å². The molecule has 2 N–H and O–H groups in total. The van der Waals surface area contributed by atoms with E-state index in [9.17, 15) is 13.2 Å². The van der Waals surface area contributed by atoms with E-state index < -0.39 is 15.9 Å². The first kappa shape index (κ1) is 23.6. The molecule has 174 valence electrons. The molecule has 3 aromatic rings. The second-order valence-electron chi connectivity index (χ2n) is 7.99. The van der Waals surface area contributed by atoms with E-state index in [0.29, 0.717) is 5.92 Å². The molecule has 1 atom stereocenters. The third-order valence-electron chi connectivity index (χ3n) is 5.40. The van der Waals surface area contributed by atoms with E-state index in [0.717, 1.165) is 35.7 Å². The van der Waals surface area contributed by atoms with Crippen LogP contribution in [0.25, 0.3) is 0 Å². The van der Waals surface area contributed by atoms with E-state index in [1.54, 1.807) is 24.3 Å². The Kier molecular flexibility index (Phi) is 7.28. The number of benzene rings is 2. The number of carbonyl (C=O) groups excluding carboxylic acids is 1. The van der Waals surface area contributed by atoms with E-state index in [4.69, 9.17) is 11.6 Å². The Balaban J connectivity index is 1.36. The average Bonchev–Trinajstić information content (AvgIpc) is 3.28. The number of hydrogen-bond donors (Lipinski definition) is 2. The largest absolute Gasteiger partial charge is 0.371 e. The number of piperidine rings is 1.